The third-order valence-corrected chi connectivity index (χ3v) is 4.83. The lowest BCUT2D eigenvalue weighted by atomic mass is 10.0. The summed E-state index contributed by atoms with van der Waals surface area (Å²) in [6, 6.07) is 6.00. The molecular formula is C15H13N3OS. The van der Waals surface area contributed by atoms with Crippen molar-refractivity contribution in [2.75, 3.05) is 0 Å². The Hall–Kier alpha value is -2.01. The zero-order chi connectivity index (χ0) is 13.7. The first-order valence-electron chi connectivity index (χ1n) is 6.71. The van der Waals surface area contributed by atoms with Crippen LogP contribution in [0, 0.1) is 6.92 Å². The van der Waals surface area contributed by atoms with Crippen molar-refractivity contribution < 1.29 is 4.79 Å². The van der Waals surface area contributed by atoms with Gasteiger partial charge < -0.3 is 0 Å². The van der Waals surface area contributed by atoms with Gasteiger partial charge in [-0.15, -0.1) is 11.3 Å². The number of aromatic nitrogens is 3. The van der Waals surface area contributed by atoms with Gasteiger partial charge in [0.25, 0.3) is 0 Å². The number of Topliss-reactive ketones (excluding diaryl/α,β-unsaturated/α-hetero) is 1. The molecule has 0 atom stereocenters. The smallest absolute Gasteiger partial charge is 0.182 e. The van der Waals surface area contributed by atoms with E-state index in [1.807, 2.05) is 35.8 Å². The van der Waals surface area contributed by atoms with Crippen LogP contribution in [0.1, 0.15) is 33.9 Å². The fourth-order valence-corrected chi connectivity index (χ4v) is 3.98. The van der Waals surface area contributed by atoms with Crippen molar-refractivity contribution in [3.63, 3.8) is 0 Å². The summed E-state index contributed by atoms with van der Waals surface area (Å²) in [6.07, 6.45) is 4.48. The lowest BCUT2D eigenvalue weighted by Gasteiger charge is -2.06. The maximum Gasteiger partial charge on any atom is 0.182 e. The maximum absolute atomic E-state index is 11.9. The first-order valence-corrected chi connectivity index (χ1v) is 7.53. The molecule has 3 heterocycles. The van der Waals surface area contributed by atoms with Crippen molar-refractivity contribution in [3.05, 3.63) is 40.7 Å². The Labute approximate surface area is 120 Å². The van der Waals surface area contributed by atoms with E-state index in [9.17, 15) is 4.79 Å². The molecule has 0 aromatic carbocycles. The van der Waals surface area contributed by atoms with Crippen molar-refractivity contribution >= 4 is 22.6 Å². The minimum atomic E-state index is 0.183. The molecule has 0 bridgehead atoms. The van der Waals surface area contributed by atoms with Gasteiger partial charge in [0.15, 0.2) is 5.78 Å². The third-order valence-electron chi connectivity index (χ3n) is 3.70. The number of rotatable bonds is 1. The van der Waals surface area contributed by atoms with Gasteiger partial charge >= 0.3 is 0 Å². The van der Waals surface area contributed by atoms with Crippen LogP contribution < -0.4 is 0 Å². The Kier molecular flexibility index (Phi) is 2.50. The van der Waals surface area contributed by atoms with Gasteiger partial charge in [0, 0.05) is 17.5 Å². The summed E-state index contributed by atoms with van der Waals surface area (Å²) >= 11 is 1.64. The highest BCUT2D eigenvalue weighted by atomic mass is 32.1. The van der Waals surface area contributed by atoms with Gasteiger partial charge in [0.1, 0.15) is 10.7 Å². The quantitative estimate of drug-likeness (QED) is 0.688. The number of carbonyl (C=O) groups excluding carboxylic acids is 1. The van der Waals surface area contributed by atoms with Crippen molar-refractivity contribution in [1.82, 2.24) is 14.6 Å². The monoisotopic (exact) mass is 283 g/mol. The molecule has 0 radical (unpaired) electrons. The molecule has 20 heavy (non-hydrogen) atoms. The second kappa shape index (κ2) is 4.24. The Balaban J connectivity index is 1.96. The summed E-state index contributed by atoms with van der Waals surface area (Å²) in [5, 5.41) is 5.43. The van der Waals surface area contributed by atoms with Crippen molar-refractivity contribution in [2.45, 2.75) is 26.2 Å². The van der Waals surface area contributed by atoms with Gasteiger partial charge in [-0.3, -0.25) is 4.79 Å². The zero-order valence-electron chi connectivity index (χ0n) is 11.1. The average Bonchev–Trinajstić information content (AvgIpc) is 2.99. The summed E-state index contributed by atoms with van der Waals surface area (Å²) in [7, 11) is 0. The van der Waals surface area contributed by atoms with E-state index >= 15 is 0 Å². The lowest BCUT2D eigenvalue weighted by molar-refractivity contribution is 0.0968. The molecule has 4 nitrogen and oxygen atoms in total. The van der Waals surface area contributed by atoms with E-state index in [2.05, 4.69) is 10.1 Å². The topological polar surface area (TPSA) is 47.3 Å². The van der Waals surface area contributed by atoms with Crippen molar-refractivity contribution in [2.24, 2.45) is 0 Å². The Morgan fingerprint density at radius 3 is 3.05 bits per heavy atom. The van der Waals surface area contributed by atoms with E-state index in [4.69, 9.17) is 0 Å². The molecule has 100 valence electrons. The van der Waals surface area contributed by atoms with Gasteiger partial charge in [-0.1, -0.05) is 6.07 Å². The van der Waals surface area contributed by atoms with E-state index < -0.39 is 0 Å². The standard InChI is InChI=1S/C15H13N3OS/c1-9-13(10-5-2-3-8-18(10)17-9)15-16-14-11(19)6-4-7-12(14)20-15/h2-3,5,8H,4,6-7H2,1H3. The van der Waals surface area contributed by atoms with Crippen molar-refractivity contribution in [3.8, 4) is 10.6 Å². The summed E-state index contributed by atoms with van der Waals surface area (Å²) in [5.74, 6) is 0.183. The largest absolute Gasteiger partial charge is 0.292 e. The second-order valence-corrected chi connectivity index (χ2v) is 6.14. The van der Waals surface area contributed by atoms with E-state index in [0.29, 0.717) is 12.1 Å². The van der Waals surface area contributed by atoms with E-state index in [0.717, 1.165) is 39.5 Å². The van der Waals surface area contributed by atoms with Crippen LogP contribution in [0.5, 0.6) is 0 Å². The molecule has 0 saturated carbocycles. The molecular weight excluding hydrogens is 270 g/mol. The molecule has 1 aliphatic rings. The van der Waals surface area contributed by atoms with Crippen LogP contribution in [0.2, 0.25) is 0 Å². The Morgan fingerprint density at radius 1 is 1.30 bits per heavy atom. The molecule has 0 amide bonds. The molecule has 3 aromatic heterocycles. The first-order chi connectivity index (χ1) is 9.74. The van der Waals surface area contributed by atoms with Gasteiger partial charge in [0.2, 0.25) is 0 Å². The molecule has 0 aliphatic heterocycles. The molecule has 0 saturated heterocycles. The van der Waals surface area contributed by atoms with Crippen LogP contribution in [0.15, 0.2) is 24.4 Å². The highest BCUT2D eigenvalue weighted by Crippen LogP contribution is 2.36. The minimum Gasteiger partial charge on any atom is -0.292 e. The van der Waals surface area contributed by atoms with Crippen LogP contribution >= 0.6 is 11.3 Å². The van der Waals surface area contributed by atoms with Crippen LogP contribution in [0.3, 0.4) is 0 Å². The lowest BCUT2D eigenvalue weighted by Crippen LogP contribution is -2.08. The summed E-state index contributed by atoms with van der Waals surface area (Å²) in [5.41, 5.74) is 3.74. The van der Waals surface area contributed by atoms with Crippen LogP contribution in [-0.2, 0) is 6.42 Å². The number of hydrogen-bond donors (Lipinski definition) is 0. The SMILES string of the molecule is Cc1nn2ccccc2c1-c1nc2c(s1)CCCC2=O. The molecule has 3 aromatic rings. The van der Waals surface area contributed by atoms with E-state index in [-0.39, 0.29) is 5.78 Å². The highest BCUT2D eigenvalue weighted by molar-refractivity contribution is 7.15. The van der Waals surface area contributed by atoms with Crippen LogP contribution in [-0.4, -0.2) is 20.4 Å². The molecule has 4 rings (SSSR count). The fraction of sp³-hybridized carbons (Fsp3) is 0.267. The minimum absolute atomic E-state index is 0.183. The normalized spacial score (nSPS) is 14.8. The third kappa shape index (κ3) is 1.63. The number of carbonyl (C=O) groups is 1. The van der Waals surface area contributed by atoms with E-state index in [1.165, 1.54) is 0 Å². The number of nitrogens with zero attached hydrogens (tertiary/aromatic N) is 3. The number of aryl methyl sites for hydroxylation is 2. The van der Waals surface area contributed by atoms with E-state index in [1.54, 1.807) is 11.3 Å². The molecule has 0 fully saturated rings. The number of thiazole rings is 1. The van der Waals surface area contributed by atoms with Gasteiger partial charge in [-0.25, -0.2) is 9.50 Å². The Morgan fingerprint density at radius 2 is 2.20 bits per heavy atom. The number of hydrogen-bond acceptors (Lipinski definition) is 4. The first kappa shape index (κ1) is 11.8. The number of fused-ring (bicyclic) bond motifs is 2. The summed E-state index contributed by atoms with van der Waals surface area (Å²) < 4.78 is 1.87. The van der Waals surface area contributed by atoms with Crippen molar-refractivity contribution in [1.29, 1.82) is 0 Å². The molecule has 0 unspecified atom stereocenters. The molecule has 0 spiro atoms. The summed E-state index contributed by atoms with van der Waals surface area (Å²) in [6.45, 7) is 1.99. The van der Waals surface area contributed by atoms with Crippen LogP contribution in [0.4, 0.5) is 0 Å². The number of ketones is 1. The molecule has 5 heteroatoms. The average molecular weight is 283 g/mol. The predicted molar refractivity (Wildman–Crippen MR) is 78.3 cm³/mol. The maximum atomic E-state index is 11.9. The fourth-order valence-electron chi connectivity index (χ4n) is 2.75. The zero-order valence-corrected chi connectivity index (χ0v) is 11.9. The predicted octanol–water partition coefficient (Wildman–Crippen LogP) is 3.29. The second-order valence-electron chi connectivity index (χ2n) is 5.06. The van der Waals surface area contributed by atoms with Gasteiger partial charge in [-0.2, -0.15) is 5.10 Å². The molecule has 1 aliphatic carbocycles. The Bertz CT molecular complexity index is 831. The summed E-state index contributed by atoms with van der Waals surface area (Å²) in [4.78, 5) is 17.7. The highest BCUT2D eigenvalue weighted by Gasteiger charge is 2.24. The van der Waals surface area contributed by atoms with Gasteiger partial charge in [0.05, 0.1) is 16.8 Å². The van der Waals surface area contributed by atoms with Gasteiger partial charge in [-0.05, 0) is 31.9 Å². The number of pyridine rings is 1. The van der Waals surface area contributed by atoms with Crippen LogP contribution in [0.25, 0.3) is 16.1 Å². The molecule has 0 N–H and O–H groups in total.